The molecule has 19 heteroatoms. The van der Waals surface area contributed by atoms with Gasteiger partial charge in [-0.2, -0.15) is 0 Å². The number of carbonyl (C=O) groups excluding carboxylic acids is 4. The van der Waals surface area contributed by atoms with Crippen LogP contribution in [-0.2, 0) is 65.4 Å². The minimum atomic E-state index is -4.96. The zero-order valence-electron chi connectivity index (χ0n) is 68.2. The molecule has 0 aromatic heterocycles. The van der Waals surface area contributed by atoms with Crippen molar-refractivity contribution in [3.05, 3.63) is 0 Å². The Labute approximate surface area is 638 Å². The van der Waals surface area contributed by atoms with Gasteiger partial charge < -0.3 is 33.8 Å². The fraction of sp³-hybridized carbons (Fsp3) is 0.953. The van der Waals surface area contributed by atoms with E-state index in [0.29, 0.717) is 25.7 Å². The van der Waals surface area contributed by atoms with Crippen LogP contribution in [0.2, 0.25) is 0 Å². The van der Waals surface area contributed by atoms with Crippen molar-refractivity contribution in [3.8, 4) is 0 Å². The lowest BCUT2D eigenvalue weighted by atomic mass is 10.0. The van der Waals surface area contributed by atoms with Crippen molar-refractivity contribution >= 4 is 39.5 Å². The smallest absolute Gasteiger partial charge is 0.462 e. The van der Waals surface area contributed by atoms with E-state index in [1.165, 1.54) is 283 Å². The summed E-state index contributed by atoms with van der Waals surface area (Å²) in [5, 5.41) is 10.7. The lowest BCUT2D eigenvalue weighted by molar-refractivity contribution is -0.161. The maximum Gasteiger partial charge on any atom is 0.472 e. The standard InChI is InChI=1S/C85H166O17P2/c1-6-9-12-15-18-21-24-26-28-30-32-33-35-37-39-41-45-50-55-60-65-70-84(89)101-81(75-96-83(88)69-64-59-54-49-44-40-38-36-34-31-29-27-25-22-19-16-13-10-7-2)77-100-104(93,94)98-73-79(86)72-97-103(91,92)99-76-80(74-95-82(87)68-63-58-53-48-23-20-17-14-11-8-3)102-85(90)71-66-61-56-51-46-42-43-47-52-57-62-67-78(4)5/h78-81,86H,6-77H2,1-5H3,(H,91,92)(H,93,94)/t79-,80+,81+/m0/s1. The number of rotatable bonds is 85. The summed E-state index contributed by atoms with van der Waals surface area (Å²) in [4.78, 5) is 73.1. The third-order valence-corrected chi connectivity index (χ3v) is 21.9. The highest BCUT2D eigenvalue weighted by Crippen LogP contribution is 2.45. The molecule has 104 heavy (non-hydrogen) atoms. The van der Waals surface area contributed by atoms with Gasteiger partial charge in [-0.15, -0.1) is 0 Å². The summed E-state index contributed by atoms with van der Waals surface area (Å²) in [5.74, 6) is -1.34. The Morgan fingerprint density at radius 1 is 0.260 bits per heavy atom. The van der Waals surface area contributed by atoms with Gasteiger partial charge in [0.15, 0.2) is 12.2 Å². The van der Waals surface area contributed by atoms with E-state index in [1.807, 2.05) is 0 Å². The molecule has 0 radical (unpaired) electrons. The average Bonchev–Trinajstić information content (AvgIpc) is 0.905. The molecule has 3 N–H and O–H groups in total. The number of carbonyl (C=O) groups is 4. The number of hydrogen-bond acceptors (Lipinski definition) is 15. The Balaban J connectivity index is 5.21. The number of aliphatic hydroxyl groups is 1. The number of unbranched alkanes of at least 4 members (excludes halogenated alkanes) is 57. The summed E-state index contributed by atoms with van der Waals surface area (Å²) in [6.45, 7) is 7.34. The van der Waals surface area contributed by atoms with Crippen LogP contribution >= 0.6 is 15.6 Å². The molecule has 0 saturated carbocycles. The highest BCUT2D eigenvalue weighted by molar-refractivity contribution is 7.47. The van der Waals surface area contributed by atoms with Gasteiger partial charge in [0.1, 0.15) is 19.3 Å². The number of aliphatic hydroxyl groups excluding tert-OH is 1. The molecule has 17 nitrogen and oxygen atoms in total. The van der Waals surface area contributed by atoms with Gasteiger partial charge in [-0.3, -0.25) is 37.3 Å². The quantitative estimate of drug-likeness (QED) is 0.0222. The minimum absolute atomic E-state index is 0.107. The number of phosphoric ester groups is 2. The lowest BCUT2D eigenvalue weighted by Crippen LogP contribution is -2.30. The van der Waals surface area contributed by atoms with E-state index in [4.69, 9.17) is 37.0 Å². The van der Waals surface area contributed by atoms with Crippen LogP contribution in [0.25, 0.3) is 0 Å². The molecule has 0 spiro atoms. The zero-order chi connectivity index (χ0) is 76.2. The van der Waals surface area contributed by atoms with Crippen molar-refractivity contribution in [2.75, 3.05) is 39.6 Å². The molecule has 0 saturated heterocycles. The number of esters is 4. The predicted octanol–water partition coefficient (Wildman–Crippen LogP) is 26.0. The lowest BCUT2D eigenvalue weighted by Gasteiger charge is -2.21. The first kappa shape index (κ1) is 102. The Morgan fingerprint density at radius 2 is 0.442 bits per heavy atom. The summed E-state index contributed by atoms with van der Waals surface area (Å²) >= 11 is 0. The number of ether oxygens (including phenoxy) is 4. The van der Waals surface area contributed by atoms with E-state index in [2.05, 4.69) is 34.6 Å². The van der Waals surface area contributed by atoms with Gasteiger partial charge in [-0.25, -0.2) is 9.13 Å². The van der Waals surface area contributed by atoms with Crippen LogP contribution < -0.4 is 0 Å². The van der Waals surface area contributed by atoms with Crippen molar-refractivity contribution in [2.24, 2.45) is 5.92 Å². The Hall–Kier alpha value is -1.94. The predicted molar refractivity (Wildman–Crippen MR) is 428 cm³/mol. The monoisotopic (exact) mass is 1520 g/mol. The molecule has 618 valence electrons. The molecule has 0 fully saturated rings. The molecule has 5 atom stereocenters. The van der Waals surface area contributed by atoms with Crippen LogP contribution in [0.3, 0.4) is 0 Å². The van der Waals surface area contributed by atoms with Gasteiger partial charge in [0.2, 0.25) is 0 Å². The second-order valence-corrected chi connectivity index (χ2v) is 34.0. The van der Waals surface area contributed by atoms with Crippen molar-refractivity contribution in [3.63, 3.8) is 0 Å². The number of hydrogen-bond donors (Lipinski definition) is 3. The van der Waals surface area contributed by atoms with Gasteiger partial charge >= 0.3 is 39.5 Å². The van der Waals surface area contributed by atoms with E-state index in [0.717, 1.165) is 95.8 Å². The normalized spacial score (nSPS) is 13.8. The molecule has 0 heterocycles. The molecule has 0 aliphatic heterocycles. The Bertz CT molecular complexity index is 1980. The fourth-order valence-corrected chi connectivity index (χ4v) is 14.9. The second kappa shape index (κ2) is 77.8. The molecule has 0 aliphatic carbocycles. The van der Waals surface area contributed by atoms with Gasteiger partial charge in [-0.05, 0) is 31.6 Å². The van der Waals surface area contributed by atoms with Crippen LogP contribution in [0.4, 0.5) is 0 Å². The highest BCUT2D eigenvalue weighted by Gasteiger charge is 2.30. The zero-order valence-corrected chi connectivity index (χ0v) is 70.0. The van der Waals surface area contributed by atoms with Crippen LogP contribution in [-0.4, -0.2) is 96.7 Å². The van der Waals surface area contributed by atoms with Crippen molar-refractivity contribution in [1.29, 1.82) is 0 Å². The van der Waals surface area contributed by atoms with E-state index >= 15 is 0 Å². The fourth-order valence-electron chi connectivity index (χ4n) is 13.3. The van der Waals surface area contributed by atoms with Gasteiger partial charge in [0.05, 0.1) is 26.4 Å². The molecule has 0 aromatic rings. The van der Waals surface area contributed by atoms with E-state index in [9.17, 15) is 43.2 Å². The Morgan fingerprint density at radius 3 is 0.654 bits per heavy atom. The molecular weight excluding hydrogens is 1350 g/mol. The summed E-state index contributed by atoms with van der Waals surface area (Å²) in [6, 6.07) is 0. The summed E-state index contributed by atoms with van der Waals surface area (Å²) in [6.07, 6.45) is 70.9. The van der Waals surface area contributed by atoms with E-state index in [1.54, 1.807) is 0 Å². The molecular formula is C85H166O17P2. The van der Waals surface area contributed by atoms with E-state index in [-0.39, 0.29) is 25.7 Å². The topological polar surface area (TPSA) is 237 Å². The van der Waals surface area contributed by atoms with Crippen LogP contribution in [0.1, 0.15) is 458 Å². The molecule has 0 aliphatic rings. The third-order valence-electron chi connectivity index (χ3n) is 20.0. The van der Waals surface area contributed by atoms with Crippen LogP contribution in [0.15, 0.2) is 0 Å². The first-order valence-electron chi connectivity index (χ1n) is 44.1. The molecule has 0 bridgehead atoms. The molecule has 0 rings (SSSR count). The van der Waals surface area contributed by atoms with Gasteiger partial charge in [-0.1, -0.05) is 407 Å². The first-order valence-corrected chi connectivity index (χ1v) is 47.1. The SMILES string of the molecule is CCCCCCCCCCCCCCCCCCCCCCCC(=O)O[C@H](COC(=O)CCCCCCCCCCCCCCCCCCCCC)COP(=O)(O)OC[C@@H](O)COP(=O)(O)OC[C@@H](COC(=O)CCCCCCCCCCCC)OC(=O)CCCCCCCCCCCCCC(C)C. The van der Waals surface area contributed by atoms with Gasteiger partial charge in [0, 0.05) is 25.7 Å². The molecule has 2 unspecified atom stereocenters. The highest BCUT2D eigenvalue weighted by atomic mass is 31.2. The number of phosphoric acid groups is 2. The maximum absolute atomic E-state index is 13.1. The first-order chi connectivity index (χ1) is 50.5. The largest absolute Gasteiger partial charge is 0.472 e. The van der Waals surface area contributed by atoms with Crippen molar-refractivity contribution in [2.45, 2.75) is 477 Å². The second-order valence-electron chi connectivity index (χ2n) is 31.1. The van der Waals surface area contributed by atoms with Crippen molar-refractivity contribution < 1.29 is 80.2 Å². The average molecular weight is 1520 g/mol. The molecule has 0 amide bonds. The Kier molecular flexibility index (Phi) is 76.3. The van der Waals surface area contributed by atoms with Crippen molar-refractivity contribution in [1.82, 2.24) is 0 Å². The van der Waals surface area contributed by atoms with E-state index < -0.39 is 97.5 Å². The summed E-state index contributed by atoms with van der Waals surface area (Å²) in [7, 11) is -9.92. The minimum Gasteiger partial charge on any atom is -0.462 e. The van der Waals surface area contributed by atoms with Crippen LogP contribution in [0, 0.1) is 5.92 Å². The summed E-state index contributed by atoms with van der Waals surface area (Å²) in [5.41, 5.74) is 0. The van der Waals surface area contributed by atoms with Crippen LogP contribution in [0.5, 0.6) is 0 Å². The third kappa shape index (κ3) is 78.2. The molecule has 0 aromatic carbocycles. The summed E-state index contributed by atoms with van der Waals surface area (Å²) < 4.78 is 68.8. The maximum atomic E-state index is 13.1. The van der Waals surface area contributed by atoms with Gasteiger partial charge in [0.25, 0.3) is 0 Å².